The van der Waals surface area contributed by atoms with E-state index in [0.29, 0.717) is 5.82 Å². The fourth-order valence-corrected chi connectivity index (χ4v) is 0.606. The molecule has 8 heavy (non-hydrogen) atoms. The zero-order chi connectivity index (χ0) is 6.15. The third-order valence-electron chi connectivity index (χ3n) is 0.979. The first-order valence-electron chi connectivity index (χ1n) is 2.42. The lowest BCUT2D eigenvalue weighted by Crippen LogP contribution is -1.89. The van der Waals surface area contributed by atoms with Gasteiger partial charge in [-0.1, -0.05) is 0 Å². The zero-order valence-electron chi connectivity index (χ0n) is 4.92. The number of hydrogen-bond donors (Lipinski definition) is 1. The van der Waals surface area contributed by atoms with E-state index in [4.69, 9.17) is 5.21 Å². The highest BCUT2D eigenvalue weighted by atomic mass is 16.5. The van der Waals surface area contributed by atoms with Crippen LogP contribution in [0.1, 0.15) is 11.5 Å². The summed E-state index contributed by atoms with van der Waals surface area (Å²) in [5.74, 6) is 0.627. The molecule has 0 bridgehead atoms. The molecule has 0 fully saturated rings. The van der Waals surface area contributed by atoms with E-state index in [1.54, 1.807) is 13.1 Å². The topological polar surface area (TPSA) is 38.0 Å². The molecule has 1 aromatic heterocycles. The van der Waals surface area contributed by atoms with E-state index in [-0.39, 0.29) is 0 Å². The van der Waals surface area contributed by atoms with Gasteiger partial charge in [-0.05, 0) is 13.8 Å². The highest BCUT2D eigenvalue weighted by Crippen LogP contribution is 1.95. The summed E-state index contributed by atoms with van der Waals surface area (Å²) in [7, 11) is 0. The minimum absolute atomic E-state index is 0.627. The third-order valence-corrected chi connectivity index (χ3v) is 0.979. The van der Waals surface area contributed by atoms with Gasteiger partial charge in [0.2, 0.25) is 0 Å². The van der Waals surface area contributed by atoms with Gasteiger partial charge < -0.3 is 5.21 Å². The van der Waals surface area contributed by atoms with Crippen LogP contribution in [0.15, 0.2) is 6.20 Å². The van der Waals surface area contributed by atoms with Crippen LogP contribution >= 0.6 is 0 Å². The standard InChI is InChI=1S/C5H8N2O/c1-4-3-7(8)5(2)6-4/h3,8H,1-2H3. The molecule has 0 atom stereocenters. The van der Waals surface area contributed by atoms with Crippen LogP contribution < -0.4 is 0 Å². The van der Waals surface area contributed by atoms with Crippen molar-refractivity contribution >= 4 is 0 Å². The Morgan fingerprint density at radius 2 is 2.25 bits per heavy atom. The summed E-state index contributed by atoms with van der Waals surface area (Å²) in [6.07, 6.45) is 1.56. The second-order valence-electron chi connectivity index (χ2n) is 1.77. The van der Waals surface area contributed by atoms with Crippen LogP contribution in [0.2, 0.25) is 0 Å². The van der Waals surface area contributed by atoms with Crippen LogP contribution in [-0.4, -0.2) is 14.9 Å². The summed E-state index contributed by atoms with van der Waals surface area (Å²) in [6, 6.07) is 0. The van der Waals surface area contributed by atoms with Crippen LogP contribution in [0.3, 0.4) is 0 Å². The van der Waals surface area contributed by atoms with Gasteiger partial charge in [-0.3, -0.25) is 0 Å². The molecule has 0 unspecified atom stereocenters. The molecule has 0 aliphatic rings. The summed E-state index contributed by atoms with van der Waals surface area (Å²) in [5.41, 5.74) is 0.838. The first-order valence-corrected chi connectivity index (χ1v) is 2.42. The zero-order valence-corrected chi connectivity index (χ0v) is 4.92. The van der Waals surface area contributed by atoms with Crippen molar-refractivity contribution in [1.82, 2.24) is 9.71 Å². The second kappa shape index (κ2) is 1.51. The predicted molar refractivity (Wildman–Crippen MR) is 28.9 cm³/mol. The lowest BCUT2D eigenvalue weighted by atomic mass is 10.6. The lowest BCUT2D eigenvalue weighted by molar-refractivity contribution is 0.179. The van der Waals surface area contributed by atoms with Gasteiger partial charge in [-0.2, -0.15) is 4.73 Å². The summed E-state index contributed by atoms with van der Waals surface area (Å²) >= 11 is 0. The van der Waals surface area contributed by atoms with E-state index in [0.717, 1.165) is 10.4 Å². The Balaban J connectivity index is 3.14. The van der Waals surface area contributed by atoms with Gasteiger partial charge in [0.1, 0.15) is 5.82 Å². The lowest BCUT2D eigenvalue weighted by Gasteiger charge is -1.86. The van der Waals surface area contributed by atoms with Gasteiger partial charge in [-0.25, -0.2) is 4.98 Å². The smallest absolute Gasteiger partial charge is 0.141 e. The van der Waals surface area contributed by atoms with E-state index in [1.807, 2.05) is 6.92 Å². The molecule has 0 saturated carbocycles. The first-order chi connectivity index (χ1) is 3.70. The normalized spacial score (nSPS) is 9.75. The predicted octanol–water partition coefficient (Wildman–Crippen LogP) is 0.737. The molecule has 0 saturated heterocycles. The molecule has 0 spiro atoms. The quantitative estimate of drug-likeness (QED) is 0.502. The molecular weight excluding hydrogens is 104 g/mol. The Hall–Kier alpha value is -0.990. The molecular formula is C5H8N2O. The molecule has 0 amide bonds. The highest BCUT2D eigenvalue weighted by molar-refractivity contribution is 4.97. The van der Waals surface area contributed by atoms with Crippen molar-refractivity contribution in [2.24, 2.45) is 0 Å². The highest BCUT2D eigenvalue weighted by Gasteiger charge is 1.94. The van der Waals surface area contributed by atoms with E-state index in [9.17, 15) is 0 Å². The molecule has 1 heterocycles. The van der Waals surface area contributed by atoms with Crippen molar-refractivity contribution in [3.8, 4) is 0 Å². The SMILES string of the molecule is Cc1cn(O)c(C)n1. The first kappa shape index (κ1) is 5.15. The van der Waals surface area contributed by atoms with Crippen molar-refractivity contribution < 1.29 is 5.21 Å². The number of aryl methyl sites for hydroxylation is 2. The Morgan fingerprint density at radius 3 is 2.38 bits per heavy atom. The van der Waals surface area contributed by atoms with E-state index in [2.05, 4.69) is 4.98 Å². The average Bonchev–Trinajstić information content (AvgIpc) is 1.85. The van der Waals surface area contributed by atoms with E-state index < -0.39 is 0 Å². The number of imidazole rings is 1. The van der Waals surface area contributed by atoms with Crippen LogP contribution in [-0.2, 0) is 0 Å². The molecule has 3 heteroatoms. The molecule has 1 N–H and O–H groups in total. The Kier molecular flexibility index (Phi) is 0.970. The molecule has 44 valence electrons. The molecule has 0 radical (unpaired) electrons. The third kappa shape index (κ3) is 0.665. The second-order valence-corrected chi connectivity index (χ2v) is 1.77. The Labute approximate surface area is 47.5 Å². The van der Waals surface area contributed by atoms with E-state index in [1.165, 1.54) is 0 Å². The van der Waals surface area contributed by atoms with E-state index >= 15 is 0 Å². The Bertz CT molecular complexity index is 173. The summed E-state index contributed by atoms with van der Waals surface area (Å²) in [4.78, 5) is 3.92. The summed E-state index contributed by atoms with van der Waals surface area (Å²) < 4.78 is 1.01. The van der Waals surface area contributed by atoms with Gasteiger partial charge >= 0.3 is 0 Å². The molecule has 0 aliphatic heterocycles. The van der Waals surface area contributed by atoms with Gasteiger partial charge in [-0.15, -0.1) is 0 Å². The van der Waals surface area contributed by atoms with Crippen LogP contribution in [0.5, 0.6) is 0 Å². The number of nitrogens with zero attached hydrogens (tertiary/aromatic N) is 2. The molecule has 3 nitrogen and oxygen atoms in total. The Morgan fingerprint density at radius 1 is 1.62 bits per heavy atom. The number of aromatic nitrogens is 2. The maximum absolute atomic E-state index is 8.79. The van der Waals surface area contributed by atoms with Crippen molar-refractivity contribution in [2.75, 3.05) is 0 Å². The minimum Gasteiger partial charge on any atom is -0.427 e. The molecule has 1 rings (SSSR count). The maximum atomic E-state index is 8.79. The fourth-order valence-electron chi connectivity index (χ4n) is 0.606. The molecule has 1 aromatic rings. The monoisotopic (exact) mass is 112 g/mol. The van der Waals surface area contributed by atoms with Crippen molar-refractivity contribution in [2.45, 2.75) is 13.8 Å². The van der Waals surface area contributed by atoms with Crippen molar-refractivity contribution in [3.63, 3.8) is 0 Å². The molecule has 0 aromatic carbocycles. The fraction of sp³-hybridized carbons (Fsp3) is 0.400. The van der Waals surface area contributed by atoms with Gasteiger partial charge in [0.25, 0.3) is 0 Å². The maximum Gasteiger partial charge on any atom is 0.141 e. The van der Waals surface area contributed by atoms with Crippen LogP contribution in [0, 0.1) is 13.8 Å². The van der Waals surface area contributed by atoms with Crippen molar-refractivity contribution in [1.29, 1.82) is 0 Å². The molecule has 0 aliphatic carbocycles. The van der Waals surface area contributed by atoms with Gasteiger partial charge in [0.05, 0.1) is 11.9 Å². The summed E-state index contributed by atoms with van der Waals surface area (Å²) in [6.45, 7) is 3.58. The average molecular weight is 112 g/mol. The largest absolute Gasteiger partial charge is 0.427 e. The summed E-state index contributed by atoms with van der Waals surface area (Å²) in [5, 5.41) is 8.79. The van der Waals surface area contributed by atoms with Crippen molar-refractivity contribution in [3.05, 3.63) is 17.7 Å². The van der Waals surface area contributed by atoms with Gasteiger partial charge in [0.15, 0.2) is 0 Å². The van der Waals surface area contributed by atoms with Crippen LogP contribution in [0.25, 0.3) is 0 Å². The minimum atomic E-state index is 0.627. The van der Waals surface area contributed by atoms with Crippen LogP contribution in [0.4, 0.5) is 0 Å². The van der Waals surface area contributed by atoms with Gasteiger partial charge in [0, 0.05) is 0 Å². The number of rotatable bonds is 0. The number of hydrogen-bond acceptors (Lipinski definition) is 2.